The van der Waals surface area contributed by atoms with Gasteiger partial charge in [-0.1, -0.05) is 38.0 Å². The zero-order valence-electron chi connectivity index (χ0n) is 20.8. The van der Waals surface area contributed by atoms with Gasteiger partial charge in [0.15, 0.2) is 0 Å². The van der Waals surface area contributed by atoms with Crippen molar-refractivity contribution in [2.45, 2.75) is 39.3 Å². The van der Waals surface area contributed by atoms with Crippen molar-refractivity contribution < 1.29 is 19.3 Å². The zero-order valence-corrected chi connectivity index (χ0v) is 20.8. The third-order valence-corrected chi connectivity index (χ3v) is 5.52. The molecule has 0 saturated carbocycles. The van der Waals surface area contributed by atoms with Crippen molar-refractivity contribution in [2.24, 2.45) is 0 Å². The van der Waals surface area contributed by atoms with Crippen LogP contribution in [0.15, 0.2) is 54.6 Å². The van der Waals surface area contributed by atoms with E-state index in [0.29, 0.717) is 24.7 Å². The van der Waals surface area contributed by atoms with E-state index in [9.17, 15) is 5.11 Å². The average Bonchev–Trinajstić information content (AvgIpc) is 3.22. The highest BCUT2D eigenvalue weighted by Crippen LogP contribution is 2.33. The van der Waals surface area contributed by atoms with Crippen LogP contribution in [0.5, 0.6) is 17.4 Å². The number of rotatable bonds is 14. The molecule has 186 valence electrons. The summed E-state index contributed by atoms with van der Waals surface area (Å²) in [6.45, 7) is 6.45. The Morgan fingerprint density at radius 3 is 2.43 bits per heavy atom. The molecule has 1 heterocycles. The van der Waals surface area contributed by atoms with Crippen molar-refractivity contribution in [3.63, 3.8) is 0 Å². The largest absolute Gasteiger partial charge is 0.497 e. The Bertz CT molecular complexity index is 1070. The van der Waals surface area contributed by atoms with Gasteiger partial charge in [-0.05, 0) is 55.8 Å². The predicted octanol–water partition coefficient (Wildman–Crippen LogP) is 4.46. The molecule has 1 aromatic heterocycles. The Hall–Kier alpha value is -3.31. The van der Waals surface area contributed by atoms with Gasteiger partial charge in [0.05, 0.1) is 36.8 Å². The van der Waals surface area contributed by atoms with E-state index in [4.69, 9.17) is 25.7 Å². The van der Waals surface area contributed by atoms with E-state index in [1.807, 2.05) is 59.3 Å². The van der Waals surface area contributed by atoms with E-state index in [1.54, 1.807) is 7.11 Å². The van der Waals surface area contributed by atoms with Crippen molar-refractivity contribution >= 4 is 0 Å². The quantitative estimate of drug-likeness (QED) is 0.273. The lowest BCUT2D eigenvalue weighted by Gasteiger charge is -2.25. The summed E-state index contributed by atoms with van der Waals surface area (Å²) in [7, 11) is 1.64. The van der Waals surface area contributed by atoms with Crippen LogP contribution in [0.25, 0.3) is 5.69 Å². The minimum Gasteiger partial charge on any atom is -0.497 e. The van der Waals surface area contributed by atoms with Crippen molar-refractivity contribution in [3.8, 4) is 35.4 Å². The first kappa shape index (κ1) is 26.3. The van der Waals surface area contributed by atoms with Crippen LogP contribution in [0.2, 0.25) is 0 Å². The second-order valence-electron chi connectivity index (χ2n) is 8.22. The summed E-state index contributed by atoms with van der Waals surface area (Å²) < 4.78 is 18.9. The van der Waals surface area contributed by atoms with E-state index in [-0.39, 0.29) is 13.2 Å². The Morgan fingerprint density at radius 2 is 1.80 bits per heavy atom. The minimum atomic E-state index is -0.643. The van der Waals surface area contributed by atoms with Gasteiger partial charge in [-0.25, -0.2) is 4.68 Å². The number of nitrogens with zero attached hydrogens (tertiary/aromatic N) is 3. The Balaban J connectivity index is 1.95. The molecule has 0 fully saturated rings. The predicted molar refractivity (Wildman–Crippen MR) is 137 cm³/mol. The lowest BCUT2D eigenvalue weighted by molar-refractivity contribution is 0.0259. The van der Waals surface area contributed by atoms with Gasteiger partial charge >= 0.3 is 0 Å². The highest BCUT2D eigenvalue weighted by atomic mass is 16.5. The number of hydrogen-bond acceptors (Lipinski definition) is 6. The first-order chi connectivity index (χ1) is 17.1. The Morgan fingerprint density at radius 1 is 1.09 bits per heavy atom. The molecule has 0 aliphatic heterocycles. The van der Waals surface area contributed by atoms with Crippen molar-refractivity contribution in [2.75, 3.05) is 33.4 Å². The van der Waals surface area contributed by atoms with Gasteiger partial charge in [0.1, 0.15) is 18.1 Å². The molecule has 1 atom stereocenters. The molecule has 2 aromatic carbocycles. The molecule has 0 spiro atoms. The summed E-state index contributed by atoms with van der Waals surface area (Å²) in [6, 6.07) is 17.5. The van der Waals surface area contributed by atoms with Crippen LogP contribution in [0.1, 0.15) is 31.5 Å². The summed E-state index contributed by atoms with van der Waals surface area (Å²) in [4.78, 5) is 2.20. The summed E-state index contributed by atoms with van der Waals surface area (Å²) in [6.07, 6.45) is 6.30. The molecule has 7 heteroatoms. The Kier molecular flexibility index (Phi) is 10.2. The average molecular weight is 478 g/mol. The molecular weight excluding hydrogens is 442 g/mol. The maximum Gasteiger partial charge on any atom is 0.227 e. The van der Waals surface area contributed by atoms with Crippen LogP contribution in [-0.4, -0.2) is 59.3 Å². The molecule has 0 amide bonds. The van der Waals surface area contributed by atoms with E-state index < -0.39 is 6.10 Å². The zero-order chi connectivity index (χ0) is 25.0. The number of methoxy groups -OCH3 is 1. The standard InChI is InChI=1S/C28H35N3O4/c1-5-17-30(19-23(32)21-34-18-6-2)20-26-27(7-3)29-31(22-11-9-8-10-12-22)28(26)35-25-15-13-24(33-4)14-16-25/h2,8-16,23,32H,5,7,17-21H2,1,3-4H3. The van der Waals surface area contributed by atoms with Gasteiger partial charge in [-0.3, -0.25) is 4.90 Å². The number of para-hydroxylation sites is 1. The van der Waals surface area contributed by atoms with Crippen LogP contribution in [0.3, 0.4) is 0 Å². The molecular formula is C28H35N3O4. The fourth-order valence-electron chi connectivity index (χ4n) is 3.90. The van der Waals surface area contributed by atoms with E-state index in [1.165, 1.54) is 0 Å². The molecule has 0 bridgehead atoms. The molecule has 35 heavy (non-hydrogen) atoms. The summed E-state index contributed by atoms with van der Waals surface area (Å²) in [5, 5.41) is 15.4. The van der Waals surface area contributed by atoms with Gasteiger partial charge < -0.3 is 19.3 Å². The second kappa shape index (κ2) is 13.5. The number of aliphatic hydroxyl groups excluding tert-OH is 1. The minimum absolute atomic E-state index is 0.189. The van der Waals surface area contributed by atoms with Crippen LogP contribution in [0.4, 0.5) is 0 Å². The molecule has 1 unspecified atom stereocenters. The summed E-state index contributed by atoms with van der Waals surface area (Å²) in [5.74, 6) is 4.55. The Labute approximate surface area is 208 Å². The van der Waals surface area contributed by atoms with Gasteiger partial charge in [0.25, 0.3) is 0 Å². The number of hydrogen-bond donors (Lipinski definition) is 1. The van der Waals surface area contributed by atoms with Crippen LogP contribution >= 0.6 is 0 Å². The summed E-state index contributed by atoms with van der Waals surface area (Å²) >= 11 is 0. The molecule has 3 aromatic rings. The first-order valence-electron chi connectivity index (χ1n) is 12.0. The smallest absolute Gasteiger partial charge is 0.227 e. The topological polar surface area (TPSA) is 69.0 Å². The first-order valence-corrected chi connectivity index (χ1v) is 12.0. The van der Waals surface area contributed by atoms with Crippen molar-refractivity contribution in [1.29, 1.82) is 0 Å². The van der Waals surface area contributed by atoms with Crippen LogP contribution < -0.4 is 9.47 Å². The van der Waals surface area contributed by atoms with Gasteiger partial charge in [-0.15, -0.1) is 6.42 Å². The van der Waals surface area contributed by atoms with E-state index >= 15 is 0 Å². The molecule has 0 saturated heterocycles. The fourth-order valence-corrected chi connectivity index (χ4v) is 3.90. The van der Waals surface area contributed by atoms with E-state index in [2.05, 4.69) is 24.7 Å². The highest BCUT2D eigenvalue weighted by Gasteiger charge is 2.23. The third-order valence-electron chi connectivity index (χ3n) is 5.52. The lowest BCUT2D eigenvalue weighted by Crippen LogP contribution is -2.35. The fraction of sp³-hybridized carbons (Fsp3) is 0.393. The van der Waals surface area contributed by atoms with Crippen molar-refractivity contribution in [3.05, 3.63) is 65.9 Å². The monoisotopic (exact) mass is 477 g/mol. The normalized spacial score (nSPS) is 11.9. The molecule has 7 nitrogen and oxygen atoms in total. The molecule has 0 aliphatic rings. The van der Waals surface area contributed by atoms with Crippen molar-refractivity contribution in [1.82, 2.24) is 14.7 Å². The summed E-state index contributed by atoms with van der Waals surface area (Å²) in [5.41, 5.74) is 2.87. The number of terminal acetylenes is 1. The van der Waals surface area contributed by atoms with Gasteiger partial charge in [0.2, 0.25) is 5.88 Å². The van der Waals surface area contributed by atoms with Crippen LogP contribution in [-0.2, 0) is 17.7 Å². The van der Waals surface area contributed by atoms with Crippen LogP contribution in [0, 0.1) is 12.3 Å². The molecule has 1 N–H and O–H groups in total. The van der Waals surface area contributed by atoms with Gasteiger partial charge in [0, 0.05) is 13.1 Å². The number of benzene rings is 2. The van der Waals surface area contributed by atoms with Gasteiger partial charge in [-0.2, -0.15) is 5.10 Å². The maximum atomic E-state index is 10.5. The number of aromatic nitrogens is 2. The third kappa shape index (κ3) is 7.33. The number of ether oxygens (including phenoxy) is 3. The van der Waals surface area contributed by atoms with E-state index in [0.717, 1.165) is 42.1 Å². The highest BCUT2D eigenvalue weighted by molar-refractivity contribution is 5.44. The lowest BCUT2D eigenvalue weighted by atomic mass is 10.1. The second-order valence-corrected chi connectivity index (χ2v) is 8.22. The SMILES string of the molecule is C#CCOCC(O)CN(CCC)Cc1c(CC)nn(-c2ccccc2)c1Oc1ccc(OC)cc1. The molecule has 3 rings (SSSR count). The maximum absolute atomic E-state index is 10.5. The molecule has 0 aliphatic carbocycles. The molecule has 0 radical (unpaired) electrons. The number of aliphatic hydroxyl groups is 1. The number of aryl methyl sites for hydroxylation is 1.